The summed E-state index contributed by atoms with van der Waals surface area (Å²) in [5.74, 6) is -0.558. The second kappa shape index (κ2) is 3.26. The number of imidazole rings is 1. The largest absolute Gasteiger partial charge is 0.481 e. The first-order chi connectivity index (χ1) is 6.65. The molecule has 0 spiro atoms. The molecule has 0 unspecified atom stereocenters. The lowest BCUT2D eigenvalue weighted by atomic mass is 10.4. The summed E-state index contributed by atoms with van der Waals surface area (Å²) in [6.07, 6.45) is -0.145. The molecule has 0 atom stereocenters. The molecule has 2 aromatic heterocycles. The molecule has 0 aliphatic heterocycles. The van der Waals surface area contributed by atoms with Crippen LogP contribution in [-0.4, -0.2) is 26.0 Å². The molecule has 0 fully saturated rings. The zero-order valence-electron chi connectivity index (χ0n) is 6.99. The highest BCUT2D eigenvalue weighted by Crippen LogP contribution is 2.12. The SMILES string of the molecule is O=C(O)Cc1nc2nc(Cl)ccc2[nH]1. The Bertz CT molecular complexity index is 494. The Morgan fingerprint density at radius 2 is 2.29 bits per heavy atom. The van der Waals surface area contributed by atoms with Gasteiger partial charge >= 0.3 is 5.97 Å². The average Bonchev–Trinajstić information content (AvgIpc) is 2.44. The first-order valence-corrected chi connectivity index (χ1v) is 4.26. The van der Waals surface area contributed by atoms with Gasteiger partial charge in [0.2, 0.25) is 0 Å². The molecule has 5 nitrogen and oxygen atoms in total. The summed E-state index contributed by atoms with van der Waals surface area (Å²) >= 11 is 5.65. The molecule has 2 N–H and O–H groups in total. The van der Waals surface area contributed by atoms with Crippen molar-refractivity contribution < 1.29 is 9.90 Å². The number of fused-ring (bicyclic) bond motifs is 1. The van der Waals surface area contributed by atoms with Crippen molar-refractivity contribution in [3.63, 3.8) is 0 Å². The minimum Gasteiger partial charge on any atom is -0.481 e. The number of halogens is 1. The highest BCUT2D eigenvalue weighted by molar-refractivity contribution is 6.29. The summed E-state index contributed by atoms with van der Waals surface area (Å²) in [7, 11) is 0. The molecule has 2 rings (SSSR count). The van der Waals surface area contributed by atoms with Crippen molar-refractivity contribution in [1.82, 2.24) is 15.0 Å². The Hall–Kier alpha value is -1.62. The van der Waals surface area contributed by atoms with Gasteiger partial charge in [0.05, 0.1) is 5.52 Å². The summed E-state index contributed by atoms with van der Waals surface area (Å²) in [6.45, 7) is 0. The van der Waals surface area contributed by atoms with Gasteiger partial charge in [-0.05, 0) is 12.1 Å². The van der Waals surface area contributed by atoms with Crippen LogP contribution in [0.2, 0.25) is 5.15 Å². The van der Waals surface area contributed by atoms with Gasteiger partial charge in [-0.1, -0.05) is 11.6 Å². The van der Waals surface area contributed by atoms with Crippen LogP contribution in [0.25, 0.3) is 11.2 Å². The van der Waals surface area contributed by atoms with E-state index >= 15 is 0 Å². The Labute approximate surface area is 83.8 Å². The second-order valence-electron chi connectivity index (χ2n) is 2.76. The van der Waals surface area contributed by atoms with E-state index in [1.54, 1.807) is 12.1 Å². The Balaban J connectivity index is 2.46. The predicted octanol–water partition coefficient (Wildman–Crippen LogP) is 1.24. The number of rotatable bonds is 2. The van der Waals surface area contributed by atoms with E-state index in [2.05, 4.69) is 15.0 Å². The number of hydrogen-bond donors (Lipinski definition) is 2. The van der Waals surface area contributed by atoms with Crippen LogP contribution in [0.5, 0.6) is 0 Å². The van der Waals surface area contributed by atoms with Crippen LogP contribution >= 0.6 is 11.6 Å². The summed E-state index contributed by atoms with van der Waals surface area (Å²) in [5.41, 5.74) is 1.12. The molecule has 0 amide bonds. The first-order valence-electron chi connectivity index (χ1n) is 3.88. The molecule has 0 radical (unpaired) electrons. The lowest BCUT2D eigenvalue weighted by Crippen LogP contribution is -2.01. The molecule has 2 heterocycles. The van der Waals surface area contributed by atoms with E-state index in [4.69, 9.17) is 16.7 Å². The van der Waals surface area contributed by atoms with Crippen molar-refractivity contribution in [2.24, 2.45) is 0 Å². The highest BCUT2D eigenvalue weighted by atomic mass is 35.5. The average molecular weight is 212 g/mol. The molecular weight excluding hydrogens is 206 g/mol. The van der Waals surface area contributed by atoms with Crippen LogP contribution in [0.1, 0.15) is 5.82 Å². The minimum atomic E-state index is -0.935. The smallest absolute Gasteiger partial charge is 0.311 e. The number of pyridine rings is 1. The molecule has 6 heteroatoms. The number of carboxylic acids is 1. The topological polar surface area (TPSA) is 78.9 Å². The van der Waals surface area contributed by atoms with Gasteiger partial charge in [-0.3, -0.25) is 4.79 Å². The van der Waals surface area contributed by atoms with Crippen molar-refractivity contribution in [2.75, 3.05) is 0 Å². The van der Waals surface area contributed by atoms with Gasteiger partial charge in [0.1, 0.15) is 17.4 Å². The number of carbonyl (C=O) groups is 1. The lowest BCUT2D eigenvalue weighted by Gasteiger charge is -1.86. The third-order valence-corrected chi connectivity index (χ3v) is 1.89. The number of nitrogens with zero attached hydrogens (tertiary/aromatic N) is 2. The molecule has 0 bridgehead atoms. The Kier molecular flexibility index (Phi) is 2.09. The standard InChI is InChI=1S/C8H6ClN3O2/c9-5-2-1-4-8(11-5)12-6(10-4)3-7(13)14/h1-2H,3H2,(H,13,14)(H,10,11,12). The van der Waals surface area contributed by atoms with E-state index < -0.39 is 5.97 Å². The van der Waals surface area contributed by atoms with Crippen LogP contribution in [-0.2, 0) is 11.2 Å². The fourth-order valence-electron chi connectivity index (χ4n) is 1.15. The van der Waals surface area contributed by atoms with E-state index in [-0.39, 0.29) is 6.42 Å². The van der Waals surface area contributed by atoms with E-state index in [9.17, 15) is 4.79 Å². The van der Waals surface area contributed by atoms with Crippen molar-refractivity contribution in [3.05, 3.63) is 23.1 Å². The molecule has 2 aromatic rings. The fourth-order valence-corrected chi connectivity index (χ4v) is 1.29. The van der Waals surface area contributed by atoms with Crippen LogP contribution in [0.4, 0.5) is 0 Å². The second-order valence-corrected chi connectivity index (χ2v) is 3.15. The number of hydrogen-bond acceptors (Lipinski definition) is 3. The van der Waals surface area contributed by atoms with Gasteiger partial charge in [-0.25, -0.2) is 9.97 Å². The quantitative estimate of drug-likeness (QED) is 0.733. The zero-order chi connectivity index (χ0) is 10.1. The Morgan fingerprint density at radius 1 is 1.50 bits per heavy atom. The summed E-state index contributed by atoms with van der Waals surface area (Å²) < 4.78 is 0. The van der Waals surface area contributed by atoms with Gasteiger partial charge < -0.3 is 10.1 Å². The highest BCUT2D eigenvalue weighted by Gasteiger charge is 2.07. The van der Waals surface area contributed by atoms with E-state index in [1.165, 1.54) is 0 Å². The van der Waals surface area contributed by atoms with E-state index in [0.29, 0.717) is 22.1 Å². The molecule has 0 saturated carbocycles. The number of aromatic nitrogens is 3. The van der Waals surface area contributed by atoms with Crippen molar-refractivity contribution in [3.8, 4) is 0 Å². The summed E-state index contributed by atoms with van der Waals surface area (Å²) in [6, 6.07) is 3.33. The monoisotopic (exact) mass is 211 g/mol. The van der Waals surface area contributed by atoms with Crippen LogP contribution < -0.4 is 0 Å². The van der Waals surface area contributed by atoms with Gasteiger partial charge in [-0.2, -0.15) is 0 Å². The van der Waals surface area contributed by atoms with Crippen molar-refractivity contribution in [2.45, 2.75) is 6.42 Å². The number of carboxylic acid groups (broad SMARTS) is 1. The number of nitrogens with one attached hydrogen (secondary N) is 1. The molecule has 0 saturated heterocycles. The maximum Gasteiger partial charge on any atom is 0.311 e. The van der Waals surface area contributed by atoms with Gasteiger partial charge in [0, 0.05) is 0 Å². The molecule has 14 heavy (non-hydrogen) atoms. The van der Waals surface area contributed by atoms with Gasteiger partial charge in [0.25, 0.3) is 0 Å². The molecular formula is C8H6ClN3O2. The number of H-pyrrole nitrogens is 1. The minimum absolute atomic E-state index is 0.145. The van der Waals surface area contributed by atoms with Crippen molar-refractivity contribution >= 4 is 28.7 Å². The summed E-state index contributed by atoms with van der Waals surface area (Å²) in [5, 5.41) is 8.88. The van der Waals surface area contributed by atoms with Crippen LogP contribution in [0, 0.1) is 0 Å². The Morgan fingerprint density at radius 3 is 3.00 bits per heavy atom. The fraction of sp³-hybridized carbons (Fsp3) is 0.125. The van der Waals surface area contributed by atoms with Crippen LogP contribution in [0.3, 0.4) is 0 Å². The number of aromatic amines is 1. The third kappa shape index (κ3) is 1.67. The molecule has 0 aromatic carbocycles. The molecule has 0 aliphatic carbocycles. The molecule has 72 valence electrons. The van der Waals surface area contributed by atoms with E-state index in [1.807, 2.05) is 0 Å². The van der Waals surface area contributed by atoms with Gasteiger partial charge in [0.15, 0.2) is 5.65 Å². The lowest BCUT2D eigenvalue weighted by molar-refractivity contribution is -0.136. The normalized spacial score (nSPS) is 10.6. The maximum absolute atomic E-state index is 10.4. The van der Waals surface area contributed by atoms with Crippen molar-refractivity contribution in [1.29, 1.82) is 0 Å². The van der Waals surface area contributed by atoms with Gasteiger partial charge in [-0.15, -0.1) is 0 Å². The zero-order valence-corrected chi connectivity index (χ0v) is 7.75. The molecule has 0 aliphatic rings. The first kappa shape index (κ1) is 8.96. The predicted molar refractivity (Wildman–Crippen MR) is 50.2 cm³/mol. The maximum atomic E-state index is 10.4. The van der Waals surface area contributed by atoms with Crippen LogP contribution in [0.15, 0.2) is 12.1 Å². The summed E-state index contributed by atoms with van der Waals surface area (Å²) in [4.78, 5) is 21.2. The number of aliphatic carboxylic acids is 1. The van der Waals surface area contributed by atoms with E-state index in [0.717, 1.165) is 0 Å². The third-order valence-electron chi connectivity index (χ3n) is 1.68.